The third-order valence-electron chi connectivity index (χ3n) is 4.16. The van der Waals surface area contributed by atoms with Crippen molar-refractivity contribution in [2.75, 3.05) is 5.75 Å². The molecule has 1 aromatic carbocycles. The van der Waals surface area contributed by atoms with Crippen LogP contribution >= 0.6 is 11.8 Å². The molecule has 0 radical (unpaired) electrons. The first-order chi connectivity index (χ1) is 12.7. The fourth-order valence-electron chi connectivity index (χ4n) is 2.68. The van der Waals surface area contributed by atoms with Gasteiger partial charge in [0.25, 0.3) is 0 Å². The van der Waals surface area contributed by atoms with Crippen LogP contribution in [0.4, 0.5) is 0 Å². The molecule has 2 aromatic heterocycles. The summed E-state index contributed by atoms with van der Waals surface area (Å²) in [7, 11) is 0. The Labute approximate surface area is 156 Å². The number of rotatable bonds is 6. The lowest BCUT2D eigenvalue weighted by atomic mass is 10.2. The highest BCUT2D eigenvalue weighted by atomic mass is 32.2. The van der Waals surface area contributed by atoms with Crippen molar-refractivity contribution in [3.05, 3.63) is 54.2 Å². The van der Waals surface area contributed by atoms with E-state index in [0.717, 1.165) is 29.8 Å². The predicted molar refractivity (Wildman–Crippen MR) is 101 cm³/mol. The molecule has 132 valence electrons. The zero-order valence-corrected chi connectivity index (χ0v) is 15.2. The molecule has 1 N–H and O–H groups in total. The van der Waals surface area contributed by atoms with Crippen LogP contribution in [-0.2, 0) is 4.79 Å². The Morgan fingerprint density at radius 3 is 2.73 bits per heavy atom. The lowest BCUT2D eigenvalue weighted by molar-refractivity contribution is -0.118. The Morgan fingerprint density at radius 2 is 2.00 bits per heavy atom. The van der Waals surface area contributed by atoms with E-state index in [2.05, 4.69) is 20.5 Å². The molecule has 1 saturated carbocycles. The van der Waals surface area contributed by atoms with Crippen LogP contribution in [0, 0.1) is 6.92 Å². The number of carbonyl (C=O) groups is 1. The third kappa shape index (κ3) is 3.62. The maximum atomic E-state index is 12.1. The summed E-state index contributed by atoms with van der Waals surface area (Å²) in [6, 6.07) is 14.1. The molecular formula is C19H19N5OS. The fraction of sp³-hybridized carbons (Fsp3) is 0.263. The van der Waals surface area contributed by atoms with E-state index in [1.54, 1.807) is 6.20 Å². The highest BCUT2D eigenvalue weighted by Crippen LogP contribution is 2.28. The molecule has 7 heteroatoms. The maximum absolute atomic E-state index is 12.1. The first-order valence-electron chi connectivity index (χ1n) is 8.57. The van der Waals surface area contributed by atoms with E-state index >= 15 is 0 Å². The summed E-state index contributed by atoms with van der Waals surface area (Å²) in [6.07, 6.45) is 3.90. The number of carbonyl (C=O) groups excluding carboxylic acids is 1. The molecule has 6 nitrogen and oxygen atoms in total. The van der Waals surface area contributed by atoms with Gasteiger partial charge in [0.2, 0.25) is 5.91 Å². The molecule has 0 saturated heterocycles. The Hall–Kier alpha value is -2.67. The molecule has 0 bridgehead atoms. The summed E-state index contributed by atoms with van der Waals surface area (Å²) in [5.41, 5.74) is 2.84. The number of thioether (sulfide) groups is 1. The number of hydrogen-bond acceptors (Lipinski definition) is 5. The Kier molecular flexibility index (Phi) is 4.71. The van der Waals surface area contributed by atoms with Gasteiger partial charge in [0.1, 0.15) is 5.69 Å². The monoisotopic (exact) mass is 365 g/mol. The normalized spacial score (nSPS) is 13.6. The van der Waals surface area contributed by atoms with E-state index in [1.807, 2.05) is 54.0 Å². The highest BCUT2D eigenvalue weighted by molar-refractivity contribution is 7.99. The number of hydrogen-bond donors (Lipinski definition) is 1. The molecule has 3 aromatic rings. The van der Waals surface area contributed by atoms with Crippen LogP contribution in [0.1, 0.15) is 18.4 Å². The van der Waals surface area contributed by atoms with Gasteiger partial charge in [-0.05, 0) is 43.5 Å². The Bertz CT molecular complexity index is 921. The molecule has 0 aliphatic heterocycles. The fourth-order valence-corrected chi connectivity index (χ4v) is 3.44. The molecule has 1 aliphatic rings. The molecule has 0 atom stereocenters. The summed E-state index contributed by atoms with van der Waals surface area (Å²) in [4.78, 5) is 16.5. The molecule has 0 unspecified atom stereocenters. The average Bonchev–Trinajstić information content (AvgIpc) is 3.37. The van der Waals surface area contributed by atoms with Crippen molar-refractivity contribution in [2.24, 2.45) is 0 Å². The summed E-state index contributed by atoms with van der Waals surface area (Å²) in [5, 5.41) is 12.4. The Morgan fingerprint density at radius 1 is 1.19 bits per heavy atom. The largest absolute Gasteiger partial charge is 0.353 e. The van der Waals surface area contributed by atoms with Crippen molar-refractivity contribution in [3.63, 3.8) is 0 Å². The zero-order valence-electron chi connectivity index (χ0n) is 14.4. The van der Waals surface area contributed by atoms with E-state index in [0.29, 0.717) is 22.8 Å². The van der Waals surface area contributed by atoms with Gasteiger partial charge in [-0.1, -0.05) is 36.0 Å². The number of benzene rings is 1. The number of aryl methyl sites for hydroxylation is 1. The topological polar surface area (TPSA) is 72.7 Å². The maximum Gasteiger partial charge on any atom is 0.230 e. The van der Waals surface area contributed by atoms with E-state index in [1.165, 1.54) is 11.8 Å². The van der Waals surface area contributed by atoms with Crippen LogP contribution in [0.2, 0.25) is 0 Å². The van der Waals surface area contributed by atoms with Gasteiger partial charge < -0.3 is 5.32 Å². The van der Waals surface area contributed by atoms with E-state index in [4.69, 9.17) is 0 Å². The minimum Gasteiger partial charge on any atom is -0.353 e. The molecule has 26 heavy (non-hydrogen) atoms. The minimum absolute atomic E-state index is 0.0382. The summed E-state index contributed by atoms with van der Waals surface area (Å²) >= 11 is 1.39. The van der Waals surface area contributed by atoms with Gasteiger partial charge in [-0.3, -0.25) is 14.3 Å². The third-order valence-corrected chi connectivity index (χ3v) is 5.09. The van der Waals surface area contributed by atoms with Gasteiger partial charge in [-0.25, -0.2) is 0 Å². The van der Waals surface area contributed by atoms with Gasteiger partial charge in [0.05, 0.1) is 11.4 Å². The summed E-state index contributed by atoms with van der Waals surface area (Å²) < 4.78 is 1.98. The van der Waals surface area contributed by atoms with Crippen molar-refractivity contribution in [1.82, 2.24) is 25.1 Å². The van der Waals surface area contributed by atoms with Crippen molar-refractivity contribution in [1.29, 1.82) is 0 Å². The van der Waals surface area contributed by atoms with Crippen LogP contribution in [0.5, 0.6) is 0 Å². The molecular weight excluding hydrogens is 346 g/mol. The van der Waals surface area contributed by atoms with Crippen LogP contribution < -0.4 is 5.32 Å². The van der Waals surface area contributed by atoms with Crippen molar-refractivity contribution >= 4 is 17.7 Å². The SMILES string of the molecule is Cc1ccccc1-n1c(SCC(=O)NC2CC2)nnc1-c1ccccn1. The number of para-hydroxylation sites is 1. The second-order valence-corrected chi connectivity index (χ2v) is 7.22. The summed E-state index contributed by atoms with van der Waals surface area (Å²) in [5.74, 6) is 1.03. The van der Waals surface area contributed by atoms with E-state index < -0.39 is 0 Å². The first-order valence-corrected chi connectivity index (χ1v) is 9.56. The lowest BCUT2D eigenvalue weighted by Gasteiger charge is -2.12. The quantitative estimate of drug-likeness (QED) is 0.680. The number of pyridine rings is 1. The van der Waals surface area contributed by atoms with Gasteiger partial charge >= 0.3 is 0 Å². The number of aromatic nitrogens is 4. The smallest absolute Gasteiger partial charge is 0.230 e. The first kappa shape index (κ1) is 16.8. The summed E-state index contributed by atoms with van der Waals surface area (Å²) in [6.45, 7) is 2.05. The van der Waals surface area contributed by atoms with Gasteiger partial charge in [-0.15, -0.1) is 10.2 Å². The van der Waals surface area contributed by atoms with Gasteiger partial charge in [0, 0.05) is 12.2 Å². The van der Waals surface area contributed by atoms with Crippen molar-refractivity contribution in [2.45, 2.75) is 31.0 Å². The molecule has 4 rings (SSSR count). The second-order valence-electron chi connectivity index (χ2n) is 6.27. The van der Waals surface area contributed by atoms with Crippen LogP contribution in [0.3, 0.4) is 0 Å². The minimum atomic E-state index is 0.0382. The van der Waals surface area contributed by atoms with Crippen molar-refractivity contribution in [3.8, 4) is 17.2 Å². The lowest BCUT2D eigenvalue weighted by Crippen LogP contribution is -2.27. The van der Waals surface area contributed by atoms with E-state index in [9.17, 15) is 4.79 Å². The van der Waals surface area contributed by atoms with Gasteiger partial charge in [0.15, 0.2) is 11.0 Å². The van der Waals surface area contributed by atoms with Crippen molar-refractivity contribution < 1.29 is 4.79 Å². The predicted octanol–water partition coefficient (Wildman–Crippen LogP) is 3.01. The van der Waals surface area contributed by atoms with Crippen LogP contribution in [-0.4, -0.2) is 37.5 Å². The van der Waals surface area contributed by atoms with Crippen LogP contribution in [0.15, 0.2) is 53.8 Å². The molecule has 1 aliphatic carbocycles. The number of amides is 1. The highest BCUT2D eigenvalue weighted by Gasteiger charge is 2.24. The zero-order chi connectivity index (χ0) is 17.9. The molecule has 1 amide bonds. The Balaban J connectivity index is 1.68. The molecule has 1 fully saturated rings. The van der Waals surface area contributed by atoms with Crippen LogP contribution in [0.25, 0.3) is 17.2 Å². The second kappa shape index (κ2) is 7.29. The molecule has 0 spiro atoms. The number of nitrogens with zero attached hydrogens (tertiary/aromatic N) is 4. The number of nitrogens with one attached hydrogen (secondary N) is 1. The molecule has 2 heterocycles. The average molecular weight is 365 g/mol. The van der Waals surface area contributed by atoms with Gasteiger partial charge in [-0.2, -0.15) is 0 Å². The van der Waals surface area contributed by atoms with E-state index in [-0.39, 0.29) is 5.91 Å². The standard InChI is InChI=1S/C19H19N5OS/c1-13-6-2-3-8-16(13)24-18(15-7-4-5-11-20-15)22-23-19(24)26-12-17(25)21-14-9-10-14/h2-8,11,14H,9-10,12H2,1H3,(H,21,25).